The fourth-order valence-electron chi connectivity index (χ4n) is 3.34. The van der Waals surface area contributed by atoms with Crippen LogP contribution in [0.1, 0.15) is 32.8 Å². The zero-order valence-electron chi connectivity index (χ0n) is 17.4. The Morgan fingerprint density at radius 1 is 1.14 bits per heavy atom. The third kappa shape index (κ3) is 6.21. The van der Waals surface area contributed by atoms with E-state index in [4.69, 9.17) is 19.9 Å². The Bertz CT molecular complexity index is 759. The lowest BCUT2D eigenvalue weighted by Crippen LogP contribution is -2.35. The summed E-state index contributed by atoms with van der Waals surface area (Å²) >= 11 is 0. The lowest BCUT2D eigenvalue weighted by Gasteiger charge is -2.24. The van der Waals surface area contributed by atoms with Crippen molar-refractivity contribution in [2.24, 2.45) is 17.6 Å². The molecule has 0 saturated heterocycles. The smallest absolute Gasteiger partial charge is 0.322 e. The second-order valence-electron chi connectivity index (χ2n) is 7.46. The molecule has 0 aliphatic rings. The van der Waals surface area contributed by atoms with Gasteiger partial charge in [-0.3, -0.25) is 4.79 Å². The van der Waals surface area contributed by atoms with Crippen LogP contribution in [0.25, 0.3) is 10.8 Å². The summed E-state index contributed by atoms with van der Waals surface area (Å²) < 4.78 is 16.0. The molecule has 2 rings (SSSR count). The highest BCUT2D eigenvalue weighted by molar-refractivity contribution is 5.88. The molecule has 0 aliphatic heterocycles. The van der Waals surface area contributed by atoms with Crippen molar-refractivity contribution in [3.63, 3.8) is 0 Å². The molecule has 2 aromatic rings. The summed E-state index contributed by atoms with van der Waals surface area (Å²) in [4.78, 5) is 11.9. The molecule has 2 unspecified atom stereocenters. The highest BCUT2D eigenvalue weighted by Crippen LogP contribution is 2.29. The summed E-state index contributed by atoms with van der Waals surface area (Å²) in [5, 5.41) is 2.23. The van der Waals surface area contributed by atoms with Gasteiger partial charge in [0, 0.05) is 12.5 Å². The van der Waals surface area contributed by atoms with Crippen LogP contribution >= 0.6 is 0 Å². The van der Waals surface area contributed by atoms with Crippen LogP contribution in [0.15, 0.2) is 36.4 Å². The summed E-state index contributed by atoms with van der Waals surface area (Å²) in [5.41, 5.74) is 7.28. The average molecular weight is 388 g/mol. The van der Waals surface area contributed by atoms with Crippen molar-refractivity contribution in [1.29, 1.82) is 0 Å². The largest absolute Gasteiger partial charge is 0.491 e. The van der Waals surface area contributed by atoms with Gasteiger partial charge in [0.2, 0.25) is 0 Å². The second kappa shape index (κ2) is 11.0. The molecular formula is C23H33NO4. The van der Waals surface area contributed by atoms with E-state index < -0.39 is 6.04 Å². The Morgan fingerprint density at radius 2 is 1.93 bits per heavy atom. The van der Waals surface area contributed by atoms with E-state index in [9.17, 15) is 4.79 Å². The number of benzene rings is 2. The predicted octanol–water partition coefficient (Wildman–Crippen LogP) is 3.96. The topological polar surface area (TPSA) is 70.8 Å². The Hall–Kier alpha value is -2.11. The van der Waals surface area contributed by atoms with Crippen molar-refractivity contribution in [2.45, 2.75) is 39.7 Å². The van der Waals surface area contributed by atoms with E-state index in [1.807, 2.05) is 12.1 Å². The quantitative estimate of drug-likeness (QED) is 0.467. The molecule has 0 amide bonds. The van der Waals surface area contributed by atoms with E-state index in [1.54, 1.807) is 14.0 Å². The van der Waals surface area contributed by atoms with Gasteiger partial charge in [-0.05, 0) is 54.7 Å². The number of nitrogens with two attached hydrogens (primary N) is 1. The molecule has 2 N–H and O–H groups in total. The van der Waals surface area contributed by atoms with Crippen molar-refractivity contribution in [3.8, 4) is 5.75 Å². The molecule has 5 heteroatoms. The van der Waals surface area contributed by atoms with Crippen LogP contribution in [0.5, 0.6) is 5.75 Å². The molecule has 154 valence electrons. The van der Waals surface area contributed by atoms with Crippen LogP contribution in [0.4, 0.5) is 0 Å². The minimum Gasteiger partial charge on any atom is -0.491 e. The molecule has 0 spiro atoms. The van der Waals surface area contributed by atoms with E-state index >= 15 is 0 Å². The summed E-state index contributed by atoms with van der Waals surface area (Å²) in [6, 6.07) is 11.9. The van der Waals surface area contributed by atoms with Gasteiger partial charge in [0.1, 0.15) is 18.4 Å². The minimum absolute atomic E-state index is 0.290. The van der Waals surface area contributed by atoms with Crippen molar-refractivity contribution < 1.29 is 19.0 Å². The first-order chi connectivity index (χ1) is 13.5. The lowest BCUT2D eigenvalue weighted by molar-refractivity contribution is -0.145. The normalized spacial score (nSPS) is 13.5. The number of carbonyl (C=O) groups excluding carboxylic acids is 1. The Balaban J connectivity index is 2.18. The van der Waals surface area contributed by atoms with E-state index in [1.165, 1.54) is 5.56 Å². The third-order valence-corrected chi connectivity index (χ3v) is 5.04. The molecule has 0 aliphatic carbocycles. The average Bonchev–Trinajstić information content (AvgIpc) is 2.68. The SMILES string of the molecule is CCOC(=O)C(N)CC(Cc1ccc2cccc(OCCOC)c2c1)C(C)C. The van der Waals surface area contributed by atoms with Gasteiger partial charge in [-0.2, -0.15) is 0 Å². The van der Waals surface area contributed by atoms with E-state index in [0.717, 1.165) is 22.9 Å². The molecule has 28 heavy (non-hydrogen) atoms. The molecule has 0 heterocycles. The summed E-state index contributed by atoms with van der Waals surface area (Å²) in [5.74, 6) is 1.24. The first-order valence-corrected chi connectivity index (χ1v) is 10.0. The summed E-state index contributed by atoms with van der Waals surface area (Å²) in [7, 11) is 1.66. The molecule has 0 radical (unpaired) electrons. The zero-order valence-corrected chi connectivity index (χ0v) is 17.4. The highest BCUT2D eigenvalue weighted by Gasteiger charge is 2.23. The molecule has 5 nitrogen and oxygen atoms in total. The fraction of sp³-hybridized carbons (Fsp3) is 0.522. The number of carbonyl (C=O) groups is 1. The molecular weight excluding hydrogens is 354 g/mol. The van der Waals surface area contributed by atoms with Gasteiger partial charge in [0.05, 0.1) is 13.2 Å². The second-order valence-corrected chi connectivity index (χ2v) is 7.46. The standard InChI is InChI=1S/C23H33NO4/c1-5-27-23(25)21(24)15-19(16(2)3)13-17-9-10-18-7-6-8-22(20(18)14-17)28-12-11-26-4/h6-10,14,16,19,21H,5,11-13,15,24H2,1-4H3. The van der Waals surface area contributed by atoms with Crippen molar-refractivity contribution in [3.05, 3.63) is 42.0 Å². The Kier molecular flexibility index (Phi) is 8.74. The van der Waals surface area contributed by atoms with Gasteiger partial charge in [-0.15, -0.1) is 0 Å². The predicted molar refractivity (Wildman–Crippen MR) is 113 cm³/mol. The molecule has 0 aromatic heterocycles. The maximum Gasteiger partial charge on any atom is 0.322 e. The van der Waals surface area contributed by atoms with Crippen LogP contribution < -0.4 is 10.5 Å². The molecule has 2 atom stereocenters. The Labute approximate surface area is 168 Å². The lowest BCUT2D eigenvalue weighted by atomic mass is 9.84. The third-order valence-electron chi connectivity index (χ3n) is 5.04. The zero-order chi connectivity index (χ0) is 20.5. The maximum atomic E-state index is 11.9. The molecule has 0 fully saturated rings. The monoisotopic (exact) mass is 387 g/mol. The van der Waals surface area contributed by atoms with E-state index in [2.05, 4.69) is 38.1 Å². The first-order valence-electron chi connectivity index (χ1n) is 10.0. The van der Waals surface area contributed by atoms with Crippen molar-refractivity contribution in [2.75, 3.05) is 26.9 Å². The van der Waals surface area contributed by atoms with Gasteiger partial charge >= 0.3 is 5.97 Å². The van der Waals surface area contributed by atoms with Gasteiger partial charge < -0.3 is 19.9 Å². The summed E-state index contributed by atoms with van der Waals surface area (Å²) in [6.07, 6.45) is 1.47. The number of ether oxygens (including phenoxy) is 3. The molecule has 2 aromatic carbocycles. The van der Waals surface area contributed by atoms with Crippen LogP contribution in [0, 0.1) is 11.8 Å². The van der Waals surface area contributed by atoms with Crippen LogP contribution in [0.3, 0.4) is 0 Å². The van der Waals surface area contributed by atoms with Gasteiger partial charge in [-0.1, -0.05) is 38.1 Å². The van der Waals surface area contributed by atoms with E-state index in [0.29, 0.717) is 38.1 Å². The Morgan fingerprint density at radius 3 is 2.61 bits per heavy atom. The first kappa shape index (κ1) is 22.2. The minimum atomic E-state index is -0.583. The number of hydrogen-bond acceptors (Lipinski definition) is 5. The van der Waals surface area contributed by atoms with Crippen LogP contribution in [-0.2, 0) is 20.7 Å². The van der Waals surface area contributed by atoms with Crippen molar-refractivity contribution in [1.82, 2.24) is 0 Å². The van der Waals surface area contributed by atoms with Gasteiger partial charge in [0.15, 0.2) is 0 Å². The number of hydrogen-bond donors (Lipinski definition) is 1. The van der Waals surface area contributed by atoms with Gasteiger partial charge in [0.25, 0.3) is 0 Å². The van der Waals surface area contributed by atoms with Gasteiger partial charge in [-0.25, -0.2) is 0 Å². The number of esters is 1. The van der Waals surface area contributed by atoms with E-state index in [-0.39, 0.29) is 5.97 Å². The number of fused-ring (bicyclic) bond motifs is 1. The molecule has 0 saturated carbocycles. The number of rotatable bonds is 11. The van der Waals surface area contributed by atoms with Crippen molar-refractivity contribution >= 4 is 16.7 Å². The van der Waals surface area contributed by atoms with Crippen LogP contribution in [0.2, 0.25) is 0 Å². The summed E-state index contributed by atoms with van der Waals surface area (Å²) in [6.45, 7) is 7.56. The highest BCUT2D eigenvalue weighted by atomic mass is 16.5. The maximum absolute atomic E-state index is 11.9. The fourth-order valence-corrected chi connectivity index (χ4v) is 3.34. The number of methoxy groups -OCH3 is 1. The van der Waals surface area contributed by atoms with Crippen LogP contribution in [-0.4, -0.2) is 38.9 Å². The molecule has 0 bridgehead atoms.